The summed E-state index contributed by atoms with van der Waals surface area (Å²) < 4.78 is 4.60. The molecule has 0 radical (unpaired) electrons. The molecule has 0 aliphatic carbocycles. The van der Waals surface area contributed by atoms with Gasteiger partial charge in [0.2, 0.25) is 5.91 Å². The Hall–Kier alpha value is -1.61. The van der Waals surface area contributed by atoms with Gasteiger partial charge in [0.25, 0.3) is 0 Å². The van der Waals surface area contributed by atoms with Crippen LogP contribution in [0.1, 0.15) is 13.3 Å². The van der Waals surface area contributed by atoms with Crippen LogP contribution in [0.4, 0.5) is 0 Å². The van der Waals surface area contributed by atoms with Gasteiger partial charge in [0.05, 0.1) is 32.1 Å². The molecule has 0 saturated heterocycles. The maximum absolute atomic E-state index is 11.4. The van der Waals surface area contributed by atoms with Gasteiger partial charge in [-0.05, 0) is 7.05 Å². The molecule has 0 rings (SSSR count). The minimum absolute atomic E-state index is 0.153. The number of ether oxygens (including phenoxy) is 1. The van der Waals surface area contributed by atoms with Crippen molar-refractivity contribution in [3.05, 3.63) is 0 Å². The molecule has 0 aromatic rings. The average Bonchev–Trinajstić information content (AvgIpc) is 2.27. The standard InChI is InChI=1S/C11H19N3O3/c1-9(11(16)17-3)7-14(2)8-10(15)13-6-4-5-12/h9H,4,6-8H2,1-3H3,(H,13,15). The lowest BCUT2D eigenvalue weighted by molar-refractivity contribution is -0.145. The van der Waals surface area contributed by atoms with Gasteiger partial charge in [-0.2, -0.15) is 5.26 Å². The summed E-state index contributed by atoms with van der Waals surface area (Å²) in [7, 11) is 3.09. The van der Waals surface area contributed by atoms with Gasteiger partial charge in [-0.15, -0.1) is 0 Å². The Morgan fingerprint density at radius 2 is 2.18 bits per heavy atom. The van der Waals surface area contributed by atoms with Crippen molar-refractivity contribution in [1.29, 1.82) is 5.26 Å². The Morgan fingerprint density at radius 1 is 1.53 bits per heavy atom. The molecular formula is C11H19N3O3. The predicted octanol–water partition coefficient (Wildman–Crippen LogP) is -0.243. The van der Waals surface area contributed by atoms with E-state index >= 15 is 0 Å². The summed E-state index contributed by atoms with van der Waals surface area (Å²) in [6.45, 7) is 2.76. The normalized spacial score (nSPS) is 11.7. The molecule has 6 heteroatoms. The van der Waals surface area contributed by atoms with Crippen LogP contribution in [0.15, 0.2) is 0 Å². The minimum Gasteiger partial charge on any atom is -0.469 e. The van der Waals surface area contributed by atoms with E-state index in [2.05, 4.69) is 10.1 Å². The van der Waals surface area contributed by atoms with Crippen LogP contribution in [-0.4, -0.2) is 50.6 Å². The summed E-state index contributed by atoms with van der Waals surface area (Å²) in [5.41, 5.74) is 0. The second-order valence-electron chi connectivity index (χ2n) is 3.88. The van der Waals surface area contributed by atoms with Gasteiger partial charge in [0.15, 0.2) is 0 Å². The lowest BCUT2D eigenvalue weighted by Crippen LogP contribution is -2.38. The van der Waals surface area contributed by atoms with Crippen molar-refractivity contribution in [2.24, 2.45) is 5.92 Å². The highest BCUT2D eigenvalue weighted by atomic mass is 16.5. The number of carbonyl (C=O) groups excluding carboxylic acids is 2. The highest BCUT2D eigenvalue weighted by Gasteiger charge is 2.16. The van der Waals surface area contributed by atoms with Crippen LogP contribution in [0.2, 0.25) is 0 Å². The Kier molecular flexibility index (Phi) is 7.72. The van der Waals surface area contributed by atoms with Gasteiger partial charge in [0, 0.05) is 13.1 Å². The summed E-state index contributed by atoms with van der Waals surface area (Å²) in [6, 6.07) is 1.94. The Balaban J connectivity index is 3.85. The second kappa shape index (κ2) is 8.53. The van der Waals surface area contributed by atoms with E-state index in [1.54, 1.807) is 18.9 Å². The zero-order valence-electron chi connectivity index (χ0n) is 10.5. The number of likely N-dealkylation sites (N-methyl/N-ethyl adjacent to an activating group) is 1. The van der Waals surface area contributed by atoms with Crippen LogP contribution in [-0.2, 0) is 14.3 Å². The second-order valence-corrected chi connectivity index (χ2v) is 3.88. The average molecular weight is 241 g/mol. The molecule has 6 nitrogen and oxygen atoms in total. The molecule has 1 unspecified atom stereocenters. The van der Waals surface area contributed by atoms with Gasteiger partial charge >= 0.3 is 5.97 Å². The van der Waals surface area contributed by atoms with Crippen molar-refractivity contribution in [2.75, 3.05) is 33.8 Å². The zero-order valence-corrected chi connectivity index (χ0v) is 10.5. The van der Waals surface area contributed by atoms with Crippen LogP contribution < -0.4 is 5.32 Å². The van der Waals surface area contributed by atoms with Crippen molar-refractivity contribution in [3.8, 4) is 6.07 Å². The fourth-order valence-electron chi connectivity index (χ4n) is 1.37. The Labute approximate surface area is 102 Å². The third-order valence-corrected chi connectivity index (χ3v) is 2.16. The first-order chi connectivity index (χ1) is 8.01. The molecule has 0 aromatic heterocycles. The molecule has 0 bridgehead atoms. The number of esters is 1. The monoisotopic (exact) mass is 241 g/mol. The topological polar surface area (TPSA) is 82.4 Å². The SMILES string of the molecule is COC(=O)C(C)CN(C)CC(=O)NCCC#N. The summed E-state index contributed by atoms with van der Waals surface area (Å²) in [6.07, 6.45) is 0.300. The summed E-state index contributed by atoms with van der Waals surface area (Å²) in [5.74, 6) is -0.710. The van der Waals surface area contributed by atoms with Crippen molar-refractivity contribution in [3.63, 3.8) is 0 Å². The van der Waals surface area contributed by atoms with E-state index in [1.807, 2.05) is 6.07 Å². The number of hydrogen-bond donors (Lipinski definition) is 1. The highest BCUT2D eigenvalue weighted by Crippen LogP contribution is 2.00. The molecule has 1 N–H and O–H groups in total. The summed E-state index contributed by atoms with van der Waals surface area (Å²) >= 11 is 0. The Bertz CT molecular complexity index is 299. The van der Waals surface area contributed by atoms with Crippen LogP contribution in [0, 0.1) is 17.2 Å². The van der Waals surface area contributed by atoms with Crippen molar-refractivity contribution in [1.82, 2.24) is 10.2 Å². The third kappa shape index (κ3) is 7.30. The third-order valence-electron chi connectivity index (χ3n) is 2.16. The van der Waals surface area contributed by atoms with Gasteiger partial charge < -0.3 is 10.1 Å². The molecular weight excluding hydrogens is 222 g/mol. The highest BCUT2D eigenvalue weighted by molar-refractivity contribution is 5.78. The fourth-order valence-corrected chi connectivity index (χ4v) is 1.37. The molecule has 96 valence electrons. The molecule has 0 saturated carbocycles. The molecule has 1 amide bonds. The maximum atomic E-state index is 11.4. The number of rotatable bonds is 7. The lowest BCUT2D eigenvalue weighted by atomic mass is 10.2. The molecule has 1 atom stereocenters. The number of hydrogen-bond acceptors (Lipinski definition) is 5. The predicted molar refractivity (Wildman–Crippen MR) is 61.9 cm³/mol. The molecule has 17 heavy (non-hydrogen) atoms. The minimum atomic E-state index is -0.290. The first-order valence-electron chi connectivity index (χ1n) is 5.41. The fraction of sp³-hybridized carbons (Fsp3) is 0.727. The number of nitriles is 1. The van der Waals surface area contributed by atoms with Crippen molar-refractivity contribution in [2.45, 2.75) is 13.3 Å². The Morgan fingerprint density at radius 3 is 2.71 bits per heavy atom. The number of nitrogens with zero attached hydrogens (tertiary/aromatic N) is 2. The first kappa shape index (κ1) is 15.4. The first-order valence-corrected chi connectivity index (χ1v) is 5.41. The van der Waals surface area contributed by atoms with Crippen molar-refractivity contribution >= 4 is 11.9 Å². The number of nitrogens with one attached hydrogen (secondary N) is 1. The van der Waals surface area contributed by atoms with E-state index in [1.165, 1.54) is 7.11 Å². The quantitative estimate of drug-likeness (QED) is 0.491. The number of carbonyl (C=O) groups is 2. The molecule has 0 heterocycles. The molecule has 0 aliphatic heterocycles. The van der Waals surface area contributed by atoms with Crippen LogP contribution in [0.25, 0.3) is 0 Å². The molecule has 0 fully saturated rings. The van der Waals surface area contributed by atoms with Gasteiger partial charge in [-0.25, -0.2) is 0 Å². The largest absolute Gasteiger partial charge is 0.469 e. The van der Waals surface area contributed by atoms with E-state index in [-0.39, 0.29) is 24.3 Å². The smallest absolute Gasteiger partial charge is 0.309 e. The molecule has 0 aliphatic rings. The van der Waals surface area contributed by atoms with E-state index in [0.29, 0.717) is 19.5 Å². The van der Waals surface area contributed by atoms with E-state index in [4.69, 9.17) is 5.26 Å². The van der Waals surface area contributed by atoms with Gasteiger partial charge in [-0.1, -0.05) is 6.92 Å². The van der Waals surface area contributed by atoms with Crippen LogP contribution in [0.3, 0.4) is 0 Å². The number of methoxy groups -OCH3 is 1. The van der Waals surface area contributed by atoms with Crippen LogP contribution >= 0.6 is 0 Å². The van der Waals surface area contributed by atoms with E-state index in [9.17, 15) is 9.59 Å². The summed E-state index contributed by atoms with van der Waals surface area (Å²) in [4.78, 5) is 24.3. The molecule has 0 spiro atoms. The molecule has 0 aromatic carbocycles. The maximum Gasteiger partial charge on any atom is 0.309 e. The van der Waals surface area contributed by atoms with Crippen molar-refractivity contribution < 1.29 is 14.3 Å². The van der Waals surface area contributed by atoms with Crippen LogP contribution in [0.5, 0.6) is 0 Å². The van der Waals surface area contributed by atoms with Gasteiger partial charge in [0.1, 0.15) is 0 Å². The zero-order chi connectivity index (χ0) is 13.3. The van der Waals surface area contributed by atoms with E-state index in [0.717, 1.165) is 0 Å². The lowest BCUT2D eigenvalue weighted by Gasteiger charge is -2.19. The number of amides is 1. The van der Waals surface area contributed by atoms with Gasteiger partial charge in [-0.3, -0.25) is 14.5 Å². The van der Waals surface area contributed by atoms with E-state index < -0.39 is 0 Å². The summed E-state index contributed by atoms with van der Waals surface area (Å²) in [5, 5.41) is 10.9.